The highest BCUT2D eigenvalue weighted by atomic mass is 32.2. The van der Waals surface area contributed by atoms with Crippen LogP contribution >= 0.6 is 11.9 Å². The molecule has 0 bridgehead atoms. The number of para-hydroxylation sites is 1. The maximum atomic E-state index is 13.6. The summed E-state index contributed by atoms with van der Waals surface area (Å²) in [5, 5.41) is 1.05. The Morgan fingerprint density at radius 1 is 0.947 bits per heavy atom. The molecule has 0 saturated carbocycles. The number of anilines is 1. The van der Waals surface area contributed by atoms with Crippen molar-refractivity contribution in [2.75, 3.05) is 30.9 Å². The highest BCUT2D eigenvalue weighted by Gasteiger charge is 2.34. The fourth-order valence-corrected chi connectivity index (χ4v) is 5.23. The van der Waals surface area contributed by atoms with Crippen molar-refractivity contribution in [3.63, 3.8) is 0 Å². The third-order valence-corrected chi connectivity index (χ3v) is 7.32. The van der Waals surface area contributed by atoms with Gasteiger partial charge in [-0.3, -0.25) is 14.7 Å². The van der Waals surface area contributed by atoms with E-state index in [0.29, 0.717) is 31.7 Å². The van der Waals surface area contributed by atoms with Crippen LogP contribution in [0.1, 0.15) is 21.5 Å². The summed E-state index contributed by atoms with van der Waals surface area (Å²) in [5.74, 6) is -0.837. The normalized spacial score (nSPS) is 14.6. The average Bonchev–Trinajstić information content (AvgIpc) is 2.91. The lowest BCUT2D eigenvalue weighted by atomic mass is 10.1. The molecule has 2 heterocycles. The van der Waals surface area contributed by atoms with Crippen LogP contribution in [0.5, 0.6) is 0 Å². The van der Waals surface area contributed by atoms with E-state index < -0.39 is 17.6 Å². The Morgan fingerprint density at radius 2 is 1.68 bits per heavy atom. The fourth-order valence-electron chi connectivity index (χ4n) is 4.46. The molecule has 1 amide bonds. The Morgan fingerprint density at radius 3 is 2.42 bits per heavy atom. The van der Waals surface area contributed by atoms with E-state index in [4.69, 9.17) is 0 Å². The number of nitrogens with zero attached hydrogens (tertiary/aromatic N) is 3. The molecule has 0 atom stereocenters. The number of nitrogens with one attached hydrogen (secondary N) is 1. The third-order valence-electron chi connectivity index (χ3n) is 6.43. The fraction of sp³-hybridized carbons (Fsp3) is 0.214. The largest absolute Gasteiger partial charge is 0.416 e. The second kappa shape index (κ2) is 11.0. The number of rotatable bonds is 6. The summed E-state index contributed by atoms with van der Waals surface area (Å²) in [4.78, 5) is 21.9. The number of carbonyl (C=O) groups is 1. The monoisotopic (exact) mass is 540 g/mol. The van der Waals surface area contributed by atoms with Gasteiger partial charge in [0.15, 0.2) is 0 Å². The number of fused-ring (bicyclic) bond motifs is 1. The van der Waals surface area contributed by atoms with E-state index >= 15 is 0 Å². The summed E-state index contributed by atoms with van der Waals surface area (Å²) in [6.45, 7) is 1.52. The lowest BCUT2D eigenvalue weighted by Crippen LogP contribution is -2.48. The van der Waals surface area contributed by atoms with Crippen LogP contribution in [-0.2, 0) is 12.7 Å². The Balaban J connectivity index is 1.16. The summed E-state index contributed by atoms with van der Waals surface area (Å²) < 4.78 is 56.8. The molecule has 0 unspecified atom stereocenters. The van der Waals surface area contributed by atoms with Crippen LogP contribution in [0.4, 0.5) is 23.2 Å². The second-order valence-electron chi connectivity index (χ2n) is 8.98. The molecule has 0 spiro atoms. The summed E-state index contributed by atoms with van der Waals surface area (Å²) in [6, 6.07) is 19.6. The molecule has 38 heavy (non-hydrogen) atoms. The summed E-state index contributed by atoms with van der Waals surface area (Å²) in [5.41, 5.74) is 1.34. The number of alkyl halides is 3. The Kier molecular flexibility index (Phi) is 7.53. The predicted octanol–water partition coefficient (Wildman–Crippen LogP) is 6.47. The smallest absolute Gasteiger partial charge is 0.336 e. The SMILES string of the molecule is O=C(c1ccc(NSc2cccc3cccnc23)cc1)N1CCN(Cc2cc(F)ccc2C(F)(F)F)CC1. The minimum absolute atomic E-state index is 0.0289. The maximum absolute atomic E-state index is 13.6. The van der Waals surface area contributed by atoms with Crippen LogP contribution in [-0.4, -0.2) is 46.9 Å². The number of benzene rings is 3. The van der Waals surface area contributed by atoms with E-state index in [0.717, 1.165) is 39.7 Å². The van der Waals surface area contributed by atoms with Crippen LogP contribution in [0.25, 0.3) is 10.9 Å². The molecule has 1 saturated heterocycles. The van der Waals surface area contributed by atoms with Gasteiger partial charge < -0.3 is 9.62 Å². The molecule has 1 N–H and O–H groups in total. The molecule has 196 valence electrons. The molecule has 10 heteroatoms. The molecule has 0 aliphatic carbocycles. The van der Waals surface area contributed by atoms with E-state index in [9.17, 15) is 22.4 Å². The minimum atomic E-state index is -4.55. The van der Waals surface area contributed by atoms with E-state index in [-0.39, 0.29) is 18.0 Å². The van der Waals surface area contributed by atoms with Gasteiger partial charge in [-0.1, -0.05) is 18.2 Å². The molecule has 5 nitrogen and oxygen atoms in total. The first-order chi connectivity index (χ1) is 18.3. The van der Waals surface area contributed by atoms with Gasteiger partial charge in [-0.15, -0.1) is 0 Å². The second-order valence-corrected chi connectivity index (χ2v) is 9.83. The number of hydrogen-bond donors (Lipinski definition) is 1. The zero-order valence-corrected chi connectivity index (χ0v) is 21.0. The quantitative estimate of drug-likeness (QED) is 0.224. The number of piperazine rings is 1. The van der Waals surface area contributed by atoms with Crippen LogP contribution in [0.15, 0.2) is 83.9 Å². The first kappa shape index (κ1) is 26.0. The zero-order valence-electron chi connectivity index (χ0n) is 20.2. The van der Waals surface area contributed by atoms with Gasteiger partial charge >= 0.3 is 6.18 Å². The number of aromatic nitrogens is 1. The van der Waals surface area contributed by atoms with Gasteiger partial charge in [0.25, 0.3) is 5.91 Å². The number of amides is 1. The number of halogens is 4. The molecule has 1 aliphatic heterocycles. The van der Waals surface area contributed by atoms with Crippen molar-refractivity contribution in [3.8, 4) is 0 Å². The predicted molar refractivity (Wildman–Crippen MR) is 140 cm³/mol. The lowest BCUT2D eigenvalue weighted by molar-refractivity contribution is -0.138. The number of hydrogen-bond acceptors (Lipinski definition) is 5. The molecule has 1 aromatic heterocycles. The first-order valence-electron chi connectivity index (χ1n) is 12.0. The average molecular weight is 541 g/mol. The van der Waals surface area contributed by atoms with E-state index in [1.165, 1.54) is 11.9 Å². The molecule has 5 rings (SSSR count). The number of carbonyl (C=O) groups excluding carboxylic acids is 1. The Bertz CT molecular complexity index is 1430. The molecule has 1 fully saturated rings. The van der Waals surface area contributed by atoms with Gasteiger partial charge in [0.05, 0.1) is 16.0 Å². The summed E-state index contributed by atoms with van der Waals surface area (Å²) >= 11 is 1.44. The van der Waals surface area contributed by atoms with Gasteiger partial charge in [-0.25, -0.2) is 4.39 Å². The number of pyridine rings is 1. The van der Waals surface area contributed by atoms with Gasteiger partial charge in [-0.2, -0.15) is 13.2 Å². The standard InChI is InChI=1S/C28H24F4N4OS/c29-22-8-11-24(28(30,31)32)21(17-22)18-35-13-15-36(16-14-35)27(37)20-6-9-23(10-7-20)34-38-25-5-1-3-19-4-2-12-33-26(19)25/h1-12,17,34H,13-16,18H2. The topological polar surface area (TPSA) is 48.5 Å². The van der Waals surface area contributed by atoms with Gasteiger partial charge in [0.2, 0.25) is 0 Å². The van der Waals surface area contributed by atoms with Crippen molar-refractivity contribution < 1.29 is 22.4 Å². The van der Waals surface area contributed by atoms with Crippen molar-refractivity contribution in [1.82, 2.24) is 14.8 Å². The van der Waals surface area contributed by atoms with Gasteiger partial charge in [0, 0.05) is 55.6 Å². The molecular formula is C28H24F4N4OS. The van der Waals surface area contributed by atoms with Crippen molar-refractivity contribution in [1.29, 1.82) is 0 Å². The lowest BCUT2D eigenvalue weighted by Gasteiger charge is -2.35. The Hall–Kier alpha value is -3.63. The van der Waals surface area contributed by atoms with Crippen LogP contribution < -0.4 is 4.72 Å². The van der Waals surface area contributed by atoms with Crippen LogP contribution in [0.2, 0.25) is 0 Å². The van der Waals surface area contributed by atoms with Gasteiger partial charge in [0.1, 0.15) is 5.82 Å². The first-order valence-corrected chi connectivity index (χ1v) is 12.8. The van der Waals surface area contributed by atoms with Crippen molar-refractivity contribution in [2.45, 2.75) is 17.6 Å². The highest BCUT2D eigenvalue weighted by molar-refractivity contribution is 8.00. The molecule has 4 aromatic rings. The zero-order chi connectivity index (χ0) is 26.7. The van der Waals surface area contributed by atoms with E-state index in [1.807, 2.05) is 42.5 Å². The molecule has 1 aliphatic rings. The maximum Gasteiger partial charge on any atom is 0.416 e. The highest BCUT2D eigenvalue weighted by Crippen LogP contribution is 2.33. The van der Waals surface area contributed by atoms with Crippen molar-refractivity contribution >= 4 is 34.4 Å². The third kappa shape index (κ3) is 5.92. The minimum Gasteiger partial charge on any atom is -0.336 e. The van der Waals surface area contributed by atoms with E-state index in [1.54, 1.807) is 28.1 Å². The molecular weight excluding hydrogens is 516 g/mol. The summed E-state index contributed by atoms with van der Waals surface area (Å²) in [7, 11) is 0. The van der Waals surface area contributed by atoms with Gasteiger partial charge in [-0.05, 0) is 72.1 Å². The van der Waals surface area contributed by atoms with Crippen molar-refractivity contribution in [3.05, 3.63) is 102 Å². The van der Waals surface area contributed by atoms with Crippen LogP contribution in [0, 0.1) is 5.82 Å². The summed E-state index contributed by atoms with van der Waals surface area (Å²) in [6.07, 6.45) is -2.79. The molecule has 0 radical (unpaired) electrons. The Labute approximate surface area is 221 Å². The van der Waals surface area contributed by atoms with Crippen LogP contribution in [0.3, 0.4) is 0 Å². The molecule has 3 aromatic carbocycles. The van der Waals surface area contributed by atoms with E-state index in [2.05, 4.69) is 9.71 Å². The van der Waals surface area contributed by atoms with Crippen molar-refractivity contribution in [2.24, 2.45) is 0 Å².